The van der Waals surface area contributed by atoms with Crippen molar-refractivity contribution in [2.75, 3.05) is 6.61 Å². The fraction of sp³-hybridized carbons (Fsp3) is 0.267. The second kappa shape index (κ2) is 5.36. The third kappa shape index (κ3) is 2.58. The Kier molecular flexibility index (Phi) is 3.42. The van der Waals surface area contributed by atoms with Crippen LogP contribution < -0.4 is 10.1 Å². The standard InChI is InChI=1S/C15H15FN2O/c16-13-6-3-5-12-14(7-9-19-15(12)13)18-10-11-4-1-2-8-17-11/h1-6,8,14,18H,7,9-10H2. The molecule has 1 unspecified atom stereocenters. The van der Waals surface area contributed by atoms with Gasteiger partial charge in [0.15, 0.2) is 11.6 Å². The number of fused-ring (bicyclic) bond motifs is 1. The van der Waals surface area contributed by atoms with Crippen LogP contribution in [0.2, 0.25) is 0 Å². The van der Waals surface area contributed by atoms with Gasteiger partial charge in [-0.3, -0.25) is 4.98 Å². The summed E-state index contributed by atoms with van der Waals surface area (Å²) in [7, 11) is 0. The molecule has 0 amide bonds. The van der Waals surface area contributed by atoms with E-state index in [0.717, 1.165) is 17.7 Å². The maximum Gasteiger partial charge on any atom is 0.165 e. The summed E-state index contributed by atoms with van der Waals surface area (Å²) in [4.78, 5) is 4.27. The Labute approximate surface area is 111 Å². The summed E-state index contributed by atoms with van der Waals surface area (Å²) in [6, 6.07) is 11.0. The van der Waals surface area contributed by atoms with Crippen molar-refractivity contribution in [3.8, 4) is 5.75 Å². The van der Waals surface area contributed by atoms with E-state index in [1.807, 2.05) is 24.3 Å². The number of ether oxygens (including phenoxy) is 1. The minimum absolute atomic E-state index is 0.112. The van der Waals surface area contributed by atoms with E-state index in [0.29, 0.717) is 18.9 Å². The number of nitrogens with one attached hydrogen (secondary N) is 1. The number of rotatable bonds is 3. The highest BCUT2D eigenvalue weighted by Gasteiger charge is 2.23. The summed E-state index contributed by atoms with van der Waals surface area (Å²) < 4.78 is 19.0. The zero-order valence-corrected chi connectivity index (χ0v) is 10.5. The van der Waals surface area contributed by atoms with Crippen LogP contribution in [0, 0.1) is 5.82 Å². The molecular weight excluding hydrogens is 243 g/mol. The number of benzene rings is 1. The number of pyridine rings is 1. The van der Waals surface area contributed by atoms with Crippen LogP contribution in [-0.4, -0.2) is 11.6 Å². The highest BCUT2D eigenvalue weighted by molar-refractivity contribution is 5.38. The van der Waals surface area contributed by atoms with Gasteiger partial charge in [-0.1, -0.05) is 18.2 Å². The van der Waals surface area contributed by atoms with Gasteiger partial charge in [0.05, 0.1) is 12.3 Å². The second-order valence-electron chi connectivity index (χ2n) is 4.55. The molecule has 0 aliphatic carbocycles. The monoisotopic (exact) mass is 258 g/mol. The van der Waals surface area contributed by atoms with Crippen LogP contribution in [-0.2, 0) is 6.54 Å². The molecule has 0 spiro atoms. The molecule has 0 saturated carbocycles. The highest BCUT2D eigenvalue weighted by Crippen LogP contribution is 2.34. The molecule has 1 aromatic heterocycles. The maximum atomic E-state index is 13.6. The lowest BCUT2D eigenvalue weighted by Crippen LogP contribution is -2.27. The zero-order valence-electron chi connectivity index (χ0n) is 10.5. The first-order valence-corrected chi connectivity index (χ1v) is 6.39. The second-order valence-corrected chi connectivity index (χ2v) is 4.55. The third-order valence-corrected chi connectivity index (χ3v) is 3.28. The molecule has 3 nitrogen and oxygen atoms in total. The molecule has 1 N–H and O–H groups in total. The van der Waals surface area contributed by atoms with E-state index in [2.05, 4.69) is 10.3 Å². The van der Waals surface area contributed by atoms with Gasteiger partial charge in [0.1, 0.15) is 0 Å². The van der Waals surface area contributed by atoms with Crippen LogP contribution in [0.1, 0.15) is 23.7 Å². The lowest BCUT2D eigenvalue weighted by molar-refractivity contribution is 0.240. The first-order valence-electron chi connectivity index (χ1n) is 6.39. The molecule has 2 aromatic rings. The Morgan fingerprint density at radius 3 is 3.05 bits per heavy atom. The molecule has 19 heavy (non-hydrogen) atoms. The molecule has 4 heteroatoms. The van der Waals surface area contributed by atoms with Crippen molar-refractivity contribution in [2.24, 2.45) is 0 Å². The van der Waals surface area contributed by atoms with E-state index in [1.54, 1.807) is 12.3 Å². The first kappa shape index (κ1) is 12.1. The number of hydrogen-bond acceptors (Lipinski definition) is 3. The Hall–Kier alpha value is -1.94. The quantitative estimate of drug-likeness (QED) is 0.919. The molecule has 1 aliphatic heterocycles. The number of hydrogen-bond donors (Lipinski definition) is 1. The van der Waals surface area contributed by atoms with E-state index < -0.39 is 0 Å². The SMILES string of the molecule is Fc1cccc2c1OCCC2NCc1ccccn1. The molecule has 1 atom stereocenters. The number of halogens is 1. The van der Waals surface area contributed by atoms with Gasteiger partial charge >= 0.3 is 0 Å². The Morgan fingerprint density at radius 1 is 1.26 bits per heavy atom. The van der Waals surface area contributed by atoms with Crippen molar-refractivity contribution in [3.05, 3.63) is 59.7 Å². The van der Waals surface area contributed by atoms with E-state index in [9.17, 15) is 4.39 Å². The largest absolute Gasteiger partial charge is 0.490 e. The Bertz CT molecular complexity index is 559. The fourth-order valence-electron chi connectivity index (χ4n) is 2.33. The van der Waals surface area contributed by atoms with E-state index in [-0.39, 0.29) is 11.9 Å². The summed E-state index contributed by atoms with van der Waals surface area (Å²) in [5.74, 6) is 0.0918. The normalized spacial score (nSPS) is 17.6. The fourth-order valence-corrected chi connectivity index (χ4v) is 2.33. The van der Waals surface area contributed by atoms with Gasteiger partial charge in [-0.2, -0.15) is 0 Å². The lowest BCUT2D eigenvalue weighted by atomic mass is 10.0. The topological polar surface area (TPSA) is 34.1 Å². The molecule has 0 saturated heterocycles. The van der Waals surface area contributed by atoms with Gasteiger partial charge in [-0.05, 0) is 18.2 Å². The smallest absolute Gasteiger partial charge is 0.165 e. The summed E-state index contributed by atoms with van der Waals surface area (Å²) in [5, 5.41) is 3.41. The average Bonchev–Trinajstić information content (AvgIpc) is 2.47. The highest BCUT2D eigenvalue weighted by atomic mass is 19.1. The van der Waals surface area contributed by atoms with Crippen molar-refractivity contribution in [3.63, 3.8) is 0 Å². The molecule has 0 radical (unpaired) electrons. The van der Waals surface area contributed by atoms with Crippen molar-refractivity contribution in [1.82, 2.24) is 10.3 Å². The van der Waals surface area contributed by atoms with Crippen molar-refractivity contribution < 1.29 is 9.13 Å². The zero-order chi connectivity index (χ0) is 13.1. The number of nitrogens with zero attached hydrogens (tertiary/aromatic N) is 1. The van der Waals surface area contributed by atoms with Gasteiger partial charge < -0.3 is 10.1 Å². The van der Waals surface area contributed by atoms with Gasteiger partial charge in [0.25, 0.3) is 0 Å². The van der Waals surface area contributed by atoms with E-state index >= 15 is 0 Å². The van der Waals surface area contributed by atoms with Crippen molar-refractivity contribution in [2.45, 2.75) is 19.0 Å². The predicted molar refractivity (Wildman–Crippen MR) is 70.3 cm³/mol. The third-order valence-electron chi connectivity index (χ3n) is 3.28. The first-order chi connectivity index (χ1) is 9.34. The number of aromatic nitrogens is 1. The molecule has 2 heterocycles. The van der Waals surface area contributed by atoms with Crippen LogP contribution in [0.5, 0.6) is 5.75 Å². The molecule has 0 bridgehead atoms. The van der Waals surface area contributed by atoms with E-state index in [4.69, 9.17) is 4.74 Å². The summed E-state index contributed by atoms with van der Waals surface area (Å²) in [5.41, 5.74) is 1.87. The van der Waals surface area contributed by atoms with Crippen molar-refractivity contribution in [1.29, 1.82) is 0 Å². The molecule has 1 aliphatic rings. The van der Waals surface area contributed by atoms with Gasteiger partial charge in [-0.25, -0.2) is 4.39 Å². The van der Waals surface area contributed by atoms with Crippen LogP contribution in [0.3, 0.4) is 0 Å². The Balaban J connectivity index is 1.75. The Morgan fingerprint density at radius 2 is 2.21 bits per heavy atom. The minimum atomic E-state index is -0.290. The van der Waals surface area contributed by atoms with Crippen LogP contribution in [0.25, 0.3) is 0 Å². The molecule has 98 valence electrons. The van der Waals surface area contributed by atoms with Crippen LogP contribution in [0.15, 0.2) is 42.6 Å². The van der Waals surface area contributed by atoms with Crippen molar-refractivity contribution >= 4 is 0 Å². The van der Waals surface area contributed by atoms with Gasteiger partial charge in [-0.15, -0.1) is 0 Å². The predicted octanol–water partition coefficient (Wildman–Crippen LogP) is 2.83. The summed E-state index contributed by atoms with van der Waals surface area (Å²) >= 11 is 0. The summed E-state index contributed by atoms with van der Waals surface area (Å²) in [6.45, 7) is 1.20. The molecule has 3 rings (SSSR count). The molecule has 1 aromatic carbocycles. The average molecular weight is 258 g/mol. The van der Waals surface area contributed by atoms with E-state index in [1.165, 1.54) is 6.07 Å². The minimum Gasteiger partial charge on any atom is -0.490 e. The summed E-state index contributed by atoms with van der Waals surface area (Å²) in [6.07, 6.45) is 2.61. The number of para-hydroxylation sites is 1. The van der Waals surface area contributed by atoms with Crippen LogP contribution >= 0.6 is 0 Å². The van der Waals surface area contributed by atoms with Gasteiger partial charge in [0.2, 0.25) is 0 Å². The molecular formula is C15H15FN2O. The maximum absolute atomic E-state index is 13.6. The van der Waals surface area contributed by atoms with Gasteiger partial charge in [0, 0.05) is 30.8 Å². The molecule has 0 fully saturated rings. The lowest BCUT2D eigenvalue weighted by Gasteiger charge is -2.26. The van der Waals surface area contributed by atoms with Crippen LogP contribution in [0.4, 0.5) is 4.39 Å².